The maximum Gasteiger partial charge on any atom is 0.492 e. The highest BCUT2D eigenvalue weighted by Crippen LogP contribution is 2.63. The van der Waals surface area contributed by atoms with Crippen LogP contribution in [0.5, 0.6) is 0 Å². The third-order valence-corrected chi connectivity index (χ3v) is 12.1. The number of hydrogen-bond acceptors (Lipinski definition) is 4. The second-order valence-electron chi connectivity index (χ2n) is 14.9. The van der Waals surface area contributed by atoms with Crippen LogP contribution in [0.15, 0.2) is 209 Å². The fraction of sp³-hybridized carbons (Fsp3) is 0.0588. The summed E-state index contributed by atoms with van der Waals surface area (Å²) in [6, 6.07) is 49.0. The van der Waals surface area contributed by atoms with Gasteiger partial charge in [-0.1, -0.05) is 164 Å². The Balaban J connectivity index is 1.28. The molecular weight excluding hydrogens is 685 g/mol. The number of hydrogen-bond donors (Lipinski definition) is 2. The predicted molar refractivity (Wildman–Crippen MR) is 229 cm³/mol. The van der Waals surface area contributed by atoms with Crippen molar-refractivity contribution in [2.24, 2.45) is 0 Å². The van der Waals surface area contributed by atoms with Crippen molar-refractivity contribution in [1.82, 2.24) is 0 Å². The maximum absolute atomic E-state index is 10.4. The van der Waals surface area contributed by atoms with Gasteiger partial charge in [0, 0.05) is 22.2 Å². The largest absolute Gasteiger partial charge is 0.492 e. The molecule has 4 aliphatic rings. The summed E-state index contributed by atoms with van der Waals surface area (Å²) in [6.07, 6.45) is 19.2. The summed E-state index contributed by atoms with van der Waals surface area (Å²) in [7, 11) is -1.67. The molecule has 2 N–H and O–H groups in total. The van der Waals surface area contributed by atoms with Gasteiger partial charge in [0.1, 0.15) is 5.58 Å². The van der Waals surface area contributed by atoms with Crippen molar-refractivity contribution in [2.45, 2.75) is 17.8 Å². The van der Waals surface area contributed by atoms with E-state index in [1.54, 1.807) is 6.07 Å². The van der Waals surface area contributed by atoms with Crippen LogP contribution in [-0.4, -0.2) is 17.2 Å². The van der Waals surface area contributed by atoms with Crippen LogP contribution in [0.4, 0.5) is 11.4 Å². The molecule has 56 heavy (non-hydrogen) atoms. The van der Waals surface area contributed by atoms with Crippen molar-refractivity contribution in [1.29, 1.82) is 0 Å². The lowest BCUT2D eigenvalue weighted by molar-refractivity contribution is 0.425. The summed E-state index contributed by atoms with van der Waals surface area (Å²) in [5.41, 5.74) is 15.0. The Labute approximate surface area is 325 Å². The van der Waals surface area contributed by atoms with E-state index in [0.717, 1.165) is 45.4 Å². The van der Waals surface area contributed by atoms with Crippen molar-refractivity contribution in [2.75, 3.05) is 4.90 Å². The quantitative estimate of drug-likeness (QED) is 0.178. The molecule has 1 spiro atoms. The third-order valence-electron chi connectivity index (χ3n) is 12.1. The van der Waals surface area contributed by atoms with E-state index >= 15 is 0 Å². The molecule has 3 aliphatic carbocycles. The van der Waals surface area contributed by atoms with Crippen LogP contribution < -0.4 is 10.4 Å². The Morgan fingerprint density at radius 2 is 1.36 bits per heavy atom. The zero-order valence-electron chi connectivity index (χ0n) is 30.5. The summed E-state index contributed by atoms with van der Waals surface area (Å²) < 4.78 is 6.76. The van der Waals surface area contributed by atoms with Gasteiger partial charge in [0.25, 0.3) is 0 Å². The van der Waals surface area contributed by atoms with E-state index in [2.05, 4.69) is 175 Å². The van der Waals surface area contributed by atoms with E-state index in [-0.39, 0.29) is 5.92 Å². The minimum Gasteiger partial charge on any atom is -0.454 e. The lowest BCUT2D eigenvalue weighted by Gasteiger charge is -2.46. The normalized spacial score (nSPS) is 19.3. The number of para-hydroxylation sites is 2. The van der Waals surface area contributed by atoms with Crippen LogP contribution in [0.25, 0.3) is 38.6 Å². The highest BCUT2D eigenvalue weighted by atomic mass is 16.4. The monoisotopic (exact) mass is 721 g/mol. The van der Waals surface area contributed by atoms with Crippen molar-refractivity contribution < 1.29 is 14.5 Å². The van der Waals surface area contributed by atoms with Gasteiger partial charge in [0.05, 0.1) is 22.5 Å². The Bertz CT molecular complexity index is 2930. The molecule has 266 valence electrons. The molecule has 2 unspecified atom stereocenters. The van der Waals surface area contributed by atoms with E-state index in [0.29, 0.717) is 16.6 Å². The molecule has 0 radical (unpaired) electrons. The van der Waals surface area contributed by atoms with Crippen LogP contribution >= 0.6 is 0 Å². The van der Waals surface area contributed by atoms with Gasteiger partial charge >= 0.3 is 7.12 Å². The van der Waals surface area contributed by atoms with Crippen molar-refractivity contribution in [3.05, 3.63) is 227 Å². The van der Waals surface area contributed by atoms with E-state index in [1.165, 1.54) is 39.0 Å². The van der Waals surface area contributed by atoms with Gasteiger partial charge in [-0.2, -0.15) is 0 Å². The first-order chi connectivity index (χ1) is 27.6. The second kappa shape index (κ2) is 12.7. The molecule has 0 saturated carbocycles. The zero-order chi connectivity index (χ0) is 37.4. The van der Waals surface area contributed by atoms with Gasteiger partial charge in [-0.3, -0.25) is 0 Å². The number of benzene rings is 6. The van der Waals surface area contributed by atoms with Gasteiger partial charge in [-0.15, -0.1) is 0 Å². The Kier molecular flexibility index (Phi) is 7.43. The number of nitrogens with zero attached hydrogens (tertiary/aromatic N) is 1. The van der Waals surface area contributed by atoms with Crippen molar-refractivity contribution >= 4 is 51.5 Å². The van der Waals surface area contributed by atoms with E-state index in [1.807, 2.05) is 12.1 Å². The van der Waals surface area contributed by atoms with Gasteiger partial charge in [0.2, 0.25) is 0 Å². The molecule has 5 heteroatoms. The number of furan rings is 1. The Hall–Kier alpha value is -6.66. The van der Waals surface area contributed by atoms with Crippen molar-refractivity contribution in [3.8, 4) is 11.1 Å². The first-order valence-electron chi connectivity index (χ1n) is 19.3. The molecule has 4 nitrogen and oxygen atoms in total. The molecule has 0 amide bonds. The average molecular weight is 722 g/mol. The first kappa shape index (κ1) is 32.7. The lowest BCUT2D eigenvalue weighted by Crippen LogP contribution is -2.38. The van der Waals surface area contributed by atoms with Gasteiger partial charge in [-0.25, -0.2) is 0 Å². The fourth-order valence-corrected chi connectivity index (χ4v) is 9.66. The van der Waals surface area contributed by atoms with Gasteiger partial charge in [-0.05, 0) is 80.8 Å². The first-order valence-corrected chi connectivity index (χ1v) is 19.3. The predicted octanol–water partition coefficient (Wildman–Crippen LogP) is 10.8. The minimum absolute atomic E-state index is 0.0516. The van der Waals surface area contributed by atoms with E-state index in [9.17, 15) is 10.0 Å². The standard InChI is InChI=1S/C51H36BNO3/c54-52(55)45-24-12-20-39-40-21-13-25-48(50(40)56-49(39)45)53-46-30-27-35(33-14-4-1-5-15-33)26-29-43(46)51(44-32-36(28-31-47(44)53)34-16-6-2-7-17-34)41-22-9-3-8-18-37(41)38-19-10-11-23-42(38)51/h1-17,19-32,35,54-55H,18H2. The highest BCUT2D eigenvalue weighted by molar-refractivity contribution is 6.61. The fourth-order valence-electron chi connectivity index (χ4n) is 9.66. The van der Waals surface area contributed by atoms with Crippen molar-refractivity contribution in [3.63, 3.8) is 0 Å². The smallest absolute Gasteiger partial charge is 0.454 e. The van der Waals surface area contributed by atoms with Gasteiger partial charge < -0.3 is 19.4 Å². The number of allylic oxidation sites excluding steroid dienone is 11. The Morgan fingerprint density at radius 1 is 0.607 bits per heavy atom. The number of fused-ring (bicyclic) bond motifs is 10. The lowest BCUT2D eigenvalue weighted by atomic mass is 9.63. The van der Waals surface area contributed by atoms with E-state index in [4.69, 9.17) is 4.42 Å². The van der Waals surface area contributed by atoms with E-state index < -0.39 is 12.5 Å². The number of rotatable bonds is 4. The molecule has 2 heterocycles. The molecule has 6 aromatic carbocycles. The second-order valence-corrected chi connectivity index (χ2v) is 14.9. The maximum atomic E-state index is 10.4. The highest BCUT2D eigenvalue weighted by Gasteiger charge is 2.53. The molecule has 1 aromatic heterocycles. The minimum atomic E-state index is -1.67. The molecule has 0 saturated heterocycles. The van der Waals surface area contributed by atoms with Crippen LogP contribution in [0.3, 0.4) is 0 Å². The summed E-state index contributed by atoms with van der Waals surface area (Å²) in [5, 5.41) is 22.5. The van der Waals surface area contributed by atoms with Crippen LogP contribution in [0.1, 0.15) is 34.6 Å². The molecule has 1 aliphatic heterocycles. The van der Waals surface area contributed by atoms with Crippen LogP contribution in [0, 0.1) is 0 Å². The van der Waals surface area contributed by atoms with Crippen LogP contribution in [0.2, 0.25) is 0 Å². The molecule has 0 bridgehead atoms. The summed E-state index contributed by atoms with van der Waals surface area (Å²) >= 11 is 0. The molecular formula is C51H36BNO3. The average Bonchev–Trinajstić information content (AvgIpc) is 3.49. The third kappa shape index (κ3) is 4.68. The Morgan fingerprint density at radius 3 is 2.20 bits per heavy atom. The SMILES string of the molecule is OB(O)c1cccc2c1oc1c(N3C4=C(C=CC(c5ccccc5)C=C4)C4(C5=C(CC=CC=C5)c5ccccc54)c4cc(-c5ccccc5)ccc43)cccc12. The summed E-state index contributed by atoms with van der Waals surface area (Å²) in [4.78, 5) is 2.37. The number of anilines is 2. The molecule has 11 rings (SSSR count). The summed E-state index contributed by atoms with van der Waals surface area (Å²) in [5.74, 6) is 0.0516. The summed E-state index contributed by atoms with van der Waals surface area (Å²) in [6.45, 7) is 0. The molecule has 2 atom stereocenters. The zero-order valence-corrected chi connectivity index (χ0v) is 30.5. The molecule has 7 aromatic rings. The topological polar surface area (TPSA) is 56.8 Å². The van der Waals surface area contributed by atoms with Crippen LogP contribution in [-0.2, 0) is 5.41 Å². The van der Waals surface area contributed by atoms with Gasteiger partial charge in [0.15, 0.2) is 5.58 Å². The molecule has 0 fully saturated rings.